The Labute approximate surface area is 172 Å². The third-order valence-corrected chi connectivity index (χ3v) is 5.31. The average molecular weight is 419 g/mol. The van der Waals surface area contributed by atoms with Crippen molar-refractivity contribution >= 4 is 27.3 Å². The van der Waals surface area contributed by atoms with Gasteiger partial charge in [0.15, 0.2) is 0 Å². The largest absolute Gasteiger partial charge is 0.497 e. The fourth-order valence-electron chi connectivity index (χ4n) is 2.82. The summed E-state index contributed by atoms with van der Waals surface area (Å²) < 4.78 is 36.7. The monoisotopic (exact) mass is 418 g/mol. The van der Waals surface area contributed by atoms with Crippen LogP contribution in [0.25, 0.3) is 0 Å². The van der Waals surface area contributed by atoms with Gasteiger partial charge in [-0.25, -0.2) is 8.42 Å². The lowest BCUT2D eigenvalue weighted by Gasteiger charge is -2.30. The van der Waals surface area contributed by atoms with Crippen LogP contribution >= 0.6 is 0 Å². The van der Waals surface area contributed by atoms with Crippen LogP contribution in [-0.4, -0.2) is 40.3 Å². The van der Waals surface area contributed by atoms with Crippen molar-refractivity contribution in [3.63, 3.8) is 0 Å². The number of carbonyl (C=O) groups excluding carboxylic acids is 1. The zero-order valence-corrected chi connectivity index (χ0v) is 17.6. The molecule has 8 heteroatoms. The van der Waals surface area contributed by atoms with Gasteiger partial charge in [0.05, 0.1) is 19.1 Å². The number of carbonyl (C=O) groups is 1. The minimum Gasteiger partial charge on any atom is -0.497 e. The lowest BCUT2D eigenvalue weighted by molar-refractivity contribution is -0.117. The minimum atomic E-state index is -3.72. The Bertz CT molecular complexity index is 942. The van der Waals surface area contributed by atoms with Gasteiger partial charge in [-0.05, 0) is 42.8 Å². The van der Waals surface area contributed by atoms with Crippen molar-refractivity contribution in [3.8, 4) is 11.5 Å². The van der Waals surface area contributed by atoms with E-state index in [-0.39, 0.29) is 6.42 Å². The van der Waals surface area contributed by atoms with Crippen molar-refractivity contribution in [1.29, 1.82) is 0 Å². The number of anilines is 2. The van der Waals surface area contributed by atoms with Crippen LogP contribution < -0.4 is 19.1 Å². The van der Waals surface area contributed by atoms with E-state index in [2.05, 4.69) is 11.9 Å². The summed E-state index contributed by atoms with van der Waals surface area (Å²) in [6.07, 6.45) is 3.00. The van der Waals surface area contributed by atoms with Gasteiger partial charge < -0.3 is 14.8 Å². The third kappa shape index (κ3) is 5.99. The predicted molar refractivity (Wildman–Crippen MR) is 115 cm³/mol. The van der Waals surface area contributed by atoms with Crippen LogP contribution in [0, 0.1) is 0 Å². The summed E-state index contributed by atoms with van der Waals surface area (Å²) in [7, 11) is -2.22. The Hall–Kier alpha value is -3.00. The molecule has 0 unspecified atom stereocenters. The van der Waals surface area contributed by atoms with E-state index in [0.717, 1.165) is 10.6 Å². The summed E-state index contributed by atoms with van der Waals surface area (Å²) in [4.78, 5) is 12.9. The first kappa shape index (κ1) is 22.3. The maximum Gasteiger partial charge on any atom is 0.248 e. The first-order chi connectivity index (χ1) is 13.8. The lowest BCUT2D eigenvalue weighted by Crippen LogP contribution is -2.47. The molecule has 7 nitrogen and oxygen atoms in total. The molecule has 1 atom stereocenters. The maximum absolute atomic E-state index is 12.9. The fourth-order valence-corrected chi connectivity index (χ4v) is 4.03. The zero-order valence-electron chi connectivity index (χ0n) is 16.8. The number of hydrogen-bond donors (Lipinski definition) is 1. The van der Waals surface area contributed by atoms with Crippen molar-refractivity contribution in [3.05, 3.63) is 61.2 Å². The number of hydrogen-bond acceptors (Lipinski definition) is 5. The smallest absolute Gasteiger partial charge is 0.248 e. The first-order valence-corrected chi connectivity index (χ1v) is 10.9. The van der Waals surface area contributed by atoms with Gasteiger partial charge in [0.1, 0.15) is 24.1 Å². The molecule has 2 rings (SSSR count). The van der Waals surface area contributed by atoms with Gasteiger partial charge in [0.25, 0.3) is 0 Å². The highest BCUT2D eigenvalue weighted by Gasteiger charge is 2.31. The number of amides is 1. The van der Waals surface area contributed by atoms with Crippen molar-refractivity contribution < 1.29 is 22.7 Å². The van der Waals surface area contributed by atoms with Crippen LogP contribution in [0.3, 0.4) is 0 Å². The Morgan fingerprint density at radius 2 is 1.90 bits per heavy atom. The Morgan fingerprint density at radius 3 is 2.45 bits per heavy atom. The van der Waals surface area contributed by atoms with Gasteiger partial charge in [0.2, 0.25) is 15.9 Å². The van der Waals surface area contributed by atoms with Gasteiger partial charge in [-0.1, -0.05) is 25.6 Å². The van der Waals surface area contributed by atoms with Crippen molar-refractivity contribution in [1.82, 2.24) is 0 Å². The number of nitrogens with zero attached hydrogens (tertiary/aromatic N) is 1. The average Bonchev–Trinajstić information content (AvgIpc) is 2.70. The normalized spacial score (nSPS) is 12.0. The van der Waals surface area contributed by atoms with E-state index in [9.17, 15) is 13.2 Å². The third-order valence-electron chi connectivity index (χ3n) is 4.13. The van der Waals surface area contributed by atoms with E-state index >= 15 is 0 Å². The molecule has 1 amide bonds. The zero-order chi connectivity index (χ0) is 21.4. The molecule has 0 saturated heterocycles. The second-order valence-corrected chi connectivity index (χ2v) is 8.16. The van der Waals surface area contributed by atoms with Crippen LogP contribution in [0.1, 0.15) is 13.3 Å². The molecular weight excluding hydrogens is 392 g/mol. The molecule has 2 aromatic carbocycles. The summed E-state index contributed by atoms with van der Waals surface area (Å²) in [6.45, 7) is 5.73. The number of sulfonamides is 1. The van der Waals surface area contributed by atoms with E-state index in [0.29, 0.717) is 29.5 Å². The second kappa shape index (κ2) is 9.97. The molecule has 0 aliphatic carbocycles. The molecular formula is C21H26N2O5S. The summed E-state index contributed by atoms with van der Waals surface area (Å²) in [5.74, 6) is 0.714. The van der Waals surface area contributed by atoms with Crippen LogP contribution in [0.4, 0.5) is 11.4 Å². The highest BCUT2D eigenvalue weighted by molar-refractivity contribution is 7.92. The number of rotatable bonds is 10. The lowest BCUT2D eigenvalue weighted by atomic mass is 10.1. The summed E-state index contributed by atoms with van der Waals surface area (Å²) >= 11 is 0. The molecule has 0 bridgehead atoms. The van der Waals surface area contributed by atoms with E-state index < -0.39 is 22.0 Å². The minimum absolute atomic E-state index is 0.288. The molecule has 29 heavy (non-hydrogen) atoms. The van der Waals surface area contributed by atoms with E-state index in [4.69, 9.17) is 9.47 Å². The van der Waals surface area contributed by atoms with Crippen LogP contribution in [-0.2, 0) is 14.8 Å². The van der Waals surface area contributed by atoms with Crippen molar-refractivity contribution in [2.75, 3.05) is 29.6 Å². The maximum atomic E-state index is 12.9. The van der Waals surface area contributed by atoms with Crippen molar-refractivity contribution in [2.45, 2.75) is 19.4 Å². The van der Waals surface area contributed by atoms with Gasteiger partial charge >= 0.3 is 0 Å². The van der Waals surface area contributed by atoms with Gasteiger partial charge in [-0.15, -0.1) is 0 Å². The summed E-state index contributed by atoms with van der Waals surface area (Å²) in [5, 5.41) is 2.78. The highest BCUT2D eigenvalue weighted by Crippen LogP contribution is 2.27. The van der Waals surface area contributed by atoms with Gasteiger partial charge in [0, 0.05) is 11.8 Å². The molecule has 0 aromatic heterocycles. The van der Waals surface area contributed by atoms with E-state index in [1.807, 2.05) is 0 Å². The molecule has 0 saturated carbocycles. The second-order valence-electron chi connectivity index (χ2n) is 6.30. The SMILES string of the molecule is C=CCOc1ccc(NC(=O)[C@H](CC)N(c2cccc(OC)c2)S(C)(=O)=O)cc1. The molecule has 0 radical (unpaired) electrons. The first-order valence-electron chi connectivity index (χ1n) is 9.08. The van der Waals surface area contributed by atoms with Gasteiger partial charge in [-0.3, -0.25) is 9.10 Å². The molecule has 0 fully saturated rings. The number of nitrogens with one attached hydrogen (secondary N) is 1. The van der Waals surface area contributed by atoms with Crippen LogP contribution in [0.5, 0.6) is 11.5 Å². The molecule has 0 aliphatic rings. The topological polar surface area (TPSA) is 84.9 Å². The standard InChI is InChI=1S/C21H26N2O5S/c1-5-14-28-18-12-10-16(11-13-18)22-21(24)20(6-2)23(29(4,25)26)17-8-7-9-19(15-17)27-3/h5,7-13,15,20H,1,6,14H2,2-4H3,(H,22,24)/t20-/m0/s1. The quantitative estimate of drug-likeness (QED) is 0.598. The molecule has 156 valence electrons. The molecule has 0 spiro atoms. The summed E-state index contributed by atoms with van der Waals surface area (Å²) in [5.41, 5.74) is 0.903. The molecule has 0 heterocycles. The van der Waals surface area contributed by atoms with E-state index in [1.165, 1.54) is 7.11 Å². The van der Waals surface area contributed by atoms with Crippen LogP contribution in [0.2, 0.25) is 0 Å². The van der Waals surface area contributed by atoms with Crippen LogP contribution in [0.15, 0.2) is 61.2 Å². The summed E-state index contributed by atoms with van der Waals surface area (Å²) in [6, 6.07) is 12.5. The molecule has 2 aromatic rings. The Balaban J connectivity index is 2.27. The van der Waals surface area contributed by atoms with Gasteiger partial charge in [-0.2, -0.15) is 0 Å². The Morgan fingerprint density at radius 1 is 1.21 bits per heavy atom. The molecule has 0 aliphatic heterocycles. The number of ether oxygens (including phenoxy) is 2. The number of methoxy groups -OCH3 is 1. The predicted octanol–water partition coefficient (Wildman–Crippen LogP) is 3.44. The number of benzene rings is 2. The fraction of sp³-hybridized carbons (Fsp3) is 0.286. The Kier molecular flexibility index (Phi) is 7.67. The van der Waals surface area contributed by atoms with E-state index in [1.54, 1.807) is 61.5 Å². The molecule has 1 N–H and O–H groups in total. The van der Waals surface area contributed by atoms with Crippen molar-refractivity contribution in [2.24, 2.45) is 0 Å². The highest BCUT2D eigenvalue weighted by atomic mass is 32.2.